The SMILES string of the molecule is O=C(Nc1ccccc1CO)c1nc(Cl)ccc1Cl. The predicted octanol–water partition coefficient (Wildman–Crippen LogP) is 3.13. The Bertz CT molecular complexity index is 617. The van der Waals surface area contributed by atoms with Crippen molar-refractivity contribution < 1.29 is 9.90 Å². The molecule has 0 spiro atoms. The van der Waals surface area contributed by atoms with Gasteiger partial charge in [-0.05, 0) is 18.2 Å². The lowest BCUT2D eigenvalue weighted by atomic mass is 10.2. The zero-order chi connectivity index (χ0) is 13.8. The van der Waals surface area contributed by atoms with Gasteiger partial charge in [0, 0.05) is 11.3 Å². The monoisotopic (exact) mass is 296 g/mol. The zero-order valence-electron chi connectivity index (χ0n) is 9.73. The van der Waals surface area contributed by atoms with Crippen molar-refractivity contribution >= 4 is 34.8 Å². The summed E-state index contributed by atoms with van der Waals surface area (Å²) in [7, 11) is 0. The summed E-state index contributed by atoms with van der Waals surface area (Å²) < 4.78 is 0. The summed E-state index contributed by atoms with van der Waals surface area (Å²) >= 11 is 11.6. The molecule has 0 radical (unpaired) electrons. The van der Waals surface area contributed by atoms with Crippen molar-refractivity contribution in [2.75, 3.05) is 5.32 Å². The van der Waals surface area contributed by atoms with E-state index in [0.29, 0.717) is 11.3 Å². The molecule has 2 rings (SSSR count). The Morgan fingerprint density at radius 3 is 2.68 bits per heavy atom. The van der Waals surface area contributed by atoms with Crippen LogP contribution in [0, 0.1) is 0 Å². The van der Waals surface area contributed by atoms with E-state index in [1.807, 2.05) is 0 Å². The minimum Gasteiger partial charge on any atom is -0.392 e. The summed E-state index contributed by atoms with van der Waals surface area (Å²) in [5.74, 6) is -0.478. The first-order chi connectivity index (χ1) is 9.11. The van der Waals surface area contributed by atoms with Crippen LogP contribution in [0.4, 0.5) is 5.69 Å². The Morgan fingerprint density at radius 2 is 1.95 bits per heavy atom. The highest BCUT2D eigenvalue weighted by Crippen LogP contribution is 2.20. The van der Waals surface area contributed by atoms with E-state index in [9.17, 15) is 9.90 Å². The maximum absolute atomic E-state index is 12.1. The lowest BCUT2D eigenvalue weighted by Gasteiger charge is -2.09. The third-order valence-electron chi connectivity index (χ3n) is 2.46. The number of halogens is 2. The summed E-state index contributed by atoms with van der Waals surface area (Å²) in [5.41, 5.74) is 1.16. The van der Waals surface area contributed by atoms with Gasteiger partial charge in [0.15, 0.2) is 0 Å². The Kier molecular flexibility index (Phi) is 4.37. The molecule has 0 bridgehead atoms. The first kappa shape index (κ1) is 13.8. The fraction of sp³-hybridized carbons (Fsp3) is 0.0769. The molecule has 0 aliphatic heterocycles. The van der Waals surface area contributed by atoms with Gasteiger partial charge in [0.1, 0.15) is 10.8 Å². The predicted molar refractivity (Wildman–Crippen MR) is 74.6 cm³/mol. The first-order valence-electron chi connectivity index (χ1n) is 5.44. The molecule has 19 heavy (non-hydrogen) atoms. The summed E-state index contributed by atoms with van der Waals surface area (Å²) in [6.07, 6.45) is 0. The molecule has 0 aliphatic carbocycles. The van der Waals surface area contributed by atoms with Crippen LogP contribution in [0.1, 0.15) is 16.1 Å². The Hall–Kier alpha value is -1.62. The van der Waals surface area contributed by atoms with Crippen molar-refractivity contribution in [1.82, 2.24) is 4.98 Å². The lowest BCUT2D eigenvalue weighted by Crippen LogP contribution is -2.15. The van der Waals surface area contributed by atoms with E-state index < -0.39 is 5.91 Å². The second-order valence-corrected chi connectivity index (χ2v) is 4.53. The number of hydrogen-bond donors (Lipinski definition) is 2. The van der Waals surface area contributed by atoms with Crippen molar-refractivity contribution in [3.63, 3.8) is 0 Å². The largest absolute Gasteiger partial charge is 0.392 e. The van der Waals surface area contributed by atoms with Gasteiger partial charge in [-0.1, -0.05) is 41.4 Å². The Morgan fingerprint density at radius 1 is 1.21 bits per heavy atom. The summed E-state index contributed by atoms with van der Waals surface area (Å²) in [5, 5.41) is 12.2. The van der Waals surface area contributed by atoms with Crippen molar-refractivity contribution in [3.8, 4) is 0 Å². The number of aromatic nitrogens is 1. The van der Waals surface area contributed by atoms with Crippen LogP contribution in [0.25, 0.3) is 0 Å². The summed E-state index contributed by atoms with van der Waals surface area (Å²) in [6, 6.07) is 9.92. The Labute approximate surface area is 120 Å². The quantitative estimate of drug-likeness (QED) is 0.856. The van der Waals surface area contributed by atoms with Crippen molar-refractivity contribution in [1.29, 1.82) is 0 Å². The fourth-order valence-electron chi connectivity index (χ4n) is 1.54. The Balaban J connectivity index is 2.28. The maximum atomic E-state index is 12.1. The second kappa shape index (κ2) is 6.02. The summed E-state index contributed by atoms with van der Waals surface area (Å²) in [6.45, 7) is -0.173. The van der Waals surface area contributed by atoms with Crippen molar-refractivity contribution in [3.05, 3.63) is 57.8 Å². The van der Waals surface area contributed by atoms with E-state index in [0.717, 1.165) is 0 Å². The van der Waals surface area contributed by atoms with Crippen LogP contribution in [0.3, 0.4) is 0 Å². The number of nitrogens with zero attached hydrogens (tertiary/aromatic N) is 1. The molecule has 1 amide bonds. The topological polar surface area (TPSA) is 62.2 Å². The van der Waals surface area contributed by atoms with E-state index in [1.165, 1.54) is 12.1 Å². The van der Waals surface area contributed by atoms with Crippen LogP contribution in [0.15, 0.2) is 36.4 Å². The third-order valence-corrected chi connectivity index (χ3v) is 2.98. The van der Waals surface area contributed by atoms with E-state index in [4.69, 9.17) is 23.2 Å². The van der Waals surface area contributed by atoms with Crippen LogP contribution in [-0.2, 0) is 6.61 Å². The van der Waals surface area contributed by atoms with Gasteiger partial charge in [-0.15, -0.1) is 0 Å². The van der Waals surface area contributed by atoms with Crippen LogP contribution in [-0.4, -0.2) is 16.0 Å². The molecule has 1 aromatic carbocycles. The number of hydrogen-bond acceptors (Lipinski definition) is 3. The number of aliphatic hydroxyl groups excluding tert-OH is 1. The molecule has 1 aromatic heterocycles. The molecule has 0 saturated heterocycles. The number of carbonyl (C=O) groups is 1. The average molecular weight is 297 g/mol. The average Bonchev–Trinajstić information content (AvgIpc) is 2.42. The zero-order valence-corrected chi connectivity index (χ0v) is 11.2. The number of rotatable bonds is 3. The normalized spacial score (nSPS) is 10.3. The second-order valence-electron chi connectivity index (χ2n) is 3.73. The fourth-order valence-corrected chi connectivity index (χ4v) is 1.88. The van der Waals surface area contributed by atoms with Gasteiger partial charge in [0.2, 0.25) is 0 Å². The van der Waals surface area contributed by atoms with Gasteiger partial charge in [-0.2, -0.15) is 0 Å². The third kappa shape index (κ3) is 3.23. The minimum absolute atomic E-state index is 0.0434. The van der Waals surface area contributed by atoms with Crippen LogP contribution in [0.2, 0.25) is 10.2 Å². The standard InChI is InChI=1S/C13H10Cl2N2O2/c14-9-5-6-11(15)17-12(9)13(19)16-10-4-2-1-3-8(10)7-18/h1-6,18H,7H2,(H,16,19). The van der Waals surface area contributed by atoms with Gasteiger partial charge in [0.05, 0.1) is 11.6 Å². The van der Waals surface area contributed by atoms with Gasteiger partial charge in [-0.3, -0.25) is 4.79 Å². The van der Waals surface area contributed by atoms with Gasteiger partial charge >= 0.3 is 0 Å². The van der Waals surface area contributed by atoms with Gasteiger partial charge < -0.3 is 10.4 Å². The molecular weight excluding hydrogens is 287 g/mol. The highest BCUT2D eigenvalue weighted by molar-refractivity contribution is 6.35. The molecule has 6 heteroatoms. The van der Waals surface area contributed by atoms with Gasteiger partial charge in [-0.25, -0.2) is 4.98 Å². The molecule has 2 aromatic rings. The molecule has 4 nitrogen and oxygen atoms in total. The number of benzene rings is 1. The molecule has 0 saturated carbocycles. The highest BCUT2D eigenvalue weighted by Gasteiger charge is 2.14. The van der Waals surface area contributed by atoms with Crippen LogP contribution >= 0.6 is 23.2 Å². The molecule has 98 valence electrons. The molecule has 0 atom stereocenters. The number of para-hydroxylation sites is 1. The van der Waals surface area contributed by atoms with Gasteiger partial charge in [0.25, 0.3) is 5.91 Å². The lowest BCUT2D eigenvalue weighted by molar-refractivity contribution is 0.102. The summed E-state index contributed by atoms with van der Waals surface area (Å²) in [4.78, 5) is 15.9. The van der Waals surface area contributed by atoms with E-state index in [2.05, 4.69) is 10.3 Å². The number of aliphatic hydroxyl groups is 1. The molecule has 0 unspecified atom stereocenters. The number of nitrogens with one attached hydrogen (secondary N) is 1. The molecule has 1 heterocycles. The van der Waals surface area contributed by atoms with Crippen LogP contribution < -0.4 is 5.32 Å². The number of amides is 1. The van der Waals surface area contributed by atoms with E-state index >= 15 is 0 Å². The van der Waals surface area contributed by atoms with Crippen molar-refractivity contribution in [2.45, 2.75) is 6.61 Å². The molecule has 0 aliphatic rings. The number of carbonyl (C=O) groups excluding carboxylic acids is 1. The molecule has 0 fully saturated rings. The smallest absolute Gasteiger partial charge is 0.275 e. The number of pyridine rings is 1. The van der Waals surface area contributed by atoms with Crippen LogP contribution in [0.5, 0.6) is 0 Å². The molecular formula is C13H10Cl2N2O2. The maximum Gasteiger partial charge on any atom is 0.275 e. The number of anilines is 1. The first-order valence-corrected chi connectivity index (χ1v) is 6.19. The highest BCUT2D eigenvalue weighted by atomic mass is 35.5. The minimum atomic E-state index is -0.478. The van der Waals surface area contributed by atoms with E-state index in [1.54, 1.807) is 24.3 Å². The molecule has 2 N–H and O–H groups in total. The van der Waals surface area contributed by atoms with Crippen molar-refractivity contribution in [2.24, 2.45) is 0 Å². The van der Waals surface area contributed by atoms with E-state index in [-0.39, 0.29) is 22.5 Å².